The van der Waals surface area contributed by atoms with Crippen molar-refractivity contribution in [2.45, 2.75) is 19.5 Å². The lowest BCUT2D eigenvalue weighted by Gasteiger charge is -2.19. The second kappa shape index (κ2) is 3.50. The maximum atomic E-state index is 9.61. The van der Waals surface area contributed by atoms with Crippen molar-refractivity contribution in [1.82, 2.24) is 4.90 Å². The minimum Gasteiger partial charge on any atom is -0.504 e. The number of para-hydroxylation sites is 1. The lowest BCUT2D eigenvalue weighted by molar-refractivity contribution is 0.187. The molecule has 1 unspecified atom stereocenters. The zero-order valence-electron chi connectivity index (χ0n) is 8.53. The smallest absolute Gasteiger partial charge is 0.165 e. The van der Waals surface area contributed by atoms with E-state index >= 15 is 0 Å². The molecule has 0 spiro atoms. The van der Waals surface area contributed by atoms with Crippen molar-refractivity contribution < 1.29 is 9.84 Å². The third kappa shape index (κ3) is 1.55. The van der Waals surface area contributed by atoms with Gasteiger partial charge in [-0.3, -0.25) is 4.90 Å². The van der Waals surface area contributed by atoms with Crippen LogP contribution in [0.5, 0.6) is 11.5 Å². The summed E-state index contributed by atoms with van der Waals surface area (Å²) in [7, 11) is 2.06. The third-order valence-corrected chi connectivity index (χ3v) is 2.72. The van der Waals surface area contributed by atoms with Crippen LogP contribution in [-0.4, -0.2) is 29.7 Å². The van der Waals surface area contributed by atoms with Crippen molar-refractivity contribution >= 4 is 0 Å². The summed E-state index contributed by atoms with van der Waals surface area (Å²) >= 11 is 0. The van der Waals surface area contributed by atoms with Crippen LogP contribution in [0.3, 0.4) is 0 Å². The van der Waals surface area contributed by atoms with Gasteiger partial charge < -0.3 is 9.84 Å². The van der Waals surface area contributed by atoms with E-state index in [1.807, 2.05) is 12.1 Å². The van der Waals surface area contributed by atoms with Crippen molar-refractivity contribution in [2.24, 2.45) is 0 Å². The van der Waals surface area contributed by atoms with Crippen LogP contribution in [0.4, 0.5) is 0 Å². The Bertz CT molecular complexity index is 338. The van der Waals surface area contributed by atoms with Gasteiger partial charge in [-0.05, 0) is 20.0 Å². The highest BCUT2D eigenvalue weighted by Crippen LogP contribution is 2.32. The van der Waals surface area contributed by atoms with E-state index in [0.717, 1.165) is 12.1 Å². The summed E-state index contributed by atoms with van der Waals surface area (Å²) in [5, 5.41) is 9.61. The summed E-state index contributed by atoms with van der Waals surface area (Å²) in [5.41, 5.74) is 1.05. The fourth-order valence-electron chi connectivity index (χ4n) is 1.62. The van der Waals surface area contributed by atoms with Gasteiger partial charge in [-0.15, -0.1) is 0 Å². The first-order chi connectivity index (χ1) is 6.68. The van der Waals surface area contributed by atoms with Gasteiger partial charge in [0.15, 0.2) is 11.5 Å². The summed E-state index contributed by atoms with van der Waals surface area (Å²) in [5.74, 6) is 0.883. The highest BCUT2D eigenvalue weighted by atomic mass is 16.5. The number of nitrogens with zero attached hydrogens (tertiary/aromatic N) is 1. The standard InChI is InChI=1S/C11H15NO2/c1-8-7-14-11-9(6-12(8)2)4-3-5-10(11)13/h3-5,8,13H,6-7H2,1-2H3. The molecule has 0 fully saturated rings. The number of fused-ring (bicyclic) bond motifs is 1. The molecule has 1 heterocycles. The highest BCUT2D eigenvalue weighted by Gasteiger charge is 2.19. The number of rotatable bonds is 0. The number of phenols is 1. The molecule has 0 amide bonds. The van der Waals surface area contributed by atoms with Crippen LogP contribution in [-0.2, 0) is 6.54 Å². The Balaban J connectivity index is 2.37. The maximum Gasteiger partial charge on any atom is 0.165 e. The lowest BCUT2D eigenvalue weighted by Crippen LogP contribution is -2.31. The van der Waals surface area contributed by atoms with Crippen molar-refractivity contribution in [2.75, 3.05) is 13.7 Å². The molecule has 0 aromatic heterocycles. The molecular formula is C11H15NO2. The first-order valence-corrected chi connectivity index (χ1v) is 4.82. The van der Waals surface area contributed by atoms with Crippen LogP contribution < -0.4 is 4.74 Å². The fraction of sp³-hybridized carbons (Fsp3) is 0.455. The number of likely N-dealkylation sites (N-methyl/N-ethyl adjacent to an activating group) is 1. The molecule has 1 aromatic rings. The van der Waals surface area contributed by atoms with E-state index in [0.29, 0.717) is 18.4 Å². The molecule has 1 aliphatic heterocycles. The number of phenolic OH excluding ortho intramolecular Hbond substituents is 1. The zero-order chi connectivity index (χ0) is 10.1. The van der Waals surface area contributed by atoms with E-state index < -0.39 is 0 Å². The predicted molar refractivity (Wildman–Crippen MR) is 54.5 cm³/mol. The number of hydrogen-bond donors (Lipinski definition) is 1. The van der Waals surface area contributed by atoms with Crippen LogP contribution in [0.2, 0.25) is 0 Å². The van der Waals surface area contributed by atoms with Crippen LogP contribution in [0.1, 0.15) is 12.5 Å². The van der Waals surface area contributed by atoms with Crippen molar-refractivity contribution in [1.29, 1.82) is 0 Å². The van der Waals surface area contributed by atoms with E-state index in [2.05, 4.69) is 18.9 Å². The van der Waals surface area contributed by atoms with Gasteiger partial charge in [-0.25, -0.2) is 0 Å². The maximum absolute atomic E-state index is 9.61. The molecule has 0 radical (unpaired) electrons. The number of ether oxygens (including phenoxy) is 1. The Morgan fingerprint density at radius 3 is 3.07 bits per heavy atom. The Morgan fingerprint density at radius 2 is 2.29 bits per heavy atom. The van der Waals surface area contributed by atoms with Gasteiger partial charge >= 0.3 is 0 Å². The SMILES string of the molecule is CC1COc2c(O)cccc2CN1C. The van der Waals surface area contributed by atoms with E-state index in [4.69, 9.17) is 4.74 Å². The molecule has 0 saturated heterocycles. The average molecular weight is 193 g/mol. The number of benzene rings is 1. The zero-order valence-corrected chi connectivity index (χ0v) is 8.53. The van der Waals surface area contributed by atoms with Gasteiger partial charge in [-0.1, -0.05) is 12.1 Å². The molecule has 14 heavy (non-hydrogen) atoms. The quantitative estimate of drug-likeness (QED) is 0.679. The van der Waals surface area contributed by atoms with E-state index in [-0.39, 0.29) is 5.75 Å². The normalized spacial score (nSPS) is 22.3. The van der Waals surface area contributed by atoms with Gasteiger partial charge in [0.05, 0.1) is 0 Å². The van der Waals surface area contributed by atoms with E-state index in [1.54, 1.807) is 6.07 Å². The lowest BCUT2D eigenvalue weighted by atomic mass is 10.2. The van der Waals surface area contributed by atoms with Crippen molar-refractivity contribution in [3.05, 3.63) is 23.8 Å². The molecule has 3 heteroatoms. The molecule has 1 aliphatic rings. The Kier molecular flexibility index (Phi) is 2.33. The molecule has 0 saturated carbocycles. The molecule has 0 bridgehead atoms. The number of aromatic hydroxyl groups is 1. The predicted octanol–water partition coefficient (Wildman–Crippen LogP) is 1.60. The minimum atomic E-state index is 0.241. The van der Waals surface area contributed by atoms with Gasteiger partial charge in [-0.2, -0.15) is 0 Å². The molecule has 1 atom stereocenters. The largest absolute Gasteiger partial charge is 0.504 e. The van der Waals surface area contributed by atoms with Crippen LogP contribution in [0, 0.1) is 0 Å². The summed E-state index contributed by atoms with van der Waals surface area (Å²) in [4.78, 5) is 2.21. The molecule has 0 aliphatic carbocycles. The molecular weight excluding hydrogens is 178 g/mol. The fourth-order valence-corrected chi connectivity index (χ4v) is 1.62. The first kappa shape index (κ1) is 9.34. The second-order valence-corrected chi connectivity index (χ2v) is 3.84. The first-order valence-electron chi connectivity index (χ1n) is 4.82. The molecule has 2 rings (SSSR count). The van der Waals surface area contributed by atoms with Crippen LogP contribution in [0.15, 0.2) is 18.2 Å². The highest BCUT2D eigenvalue weighted by molar-refractivity contribution is 5.46. The van der Waals surface area contributed by atoms with Crippen LogP contribution >= 0.6 is 0 Å². The minimum absolute atomic E-state index is 0.241. The summed E-state index contributed by atoms with van der Waals surface area (Å²) in [6, 6.07) is 5.88. The Hall–Kier alpha value is -1.22. The second-order valence-electron chi connectivity index (χ2n) is 3.84. The summed E-state index contributed by atoms with van der Waals surface area (Å²) < 4.78 is 5.57. The summed E-state index contributed by atoms with van der Waals surface area (Å²) in [6.45, 7) is 3.56. The molecule has 76 valence electrons. The van der Waals surface area contributed by atoms with E-state index in [9.17, 15) is 5.11 Å². The monoisotopic (exact) mass is 193 g/mol. The molecule has 1 aromatic carbocycles. The average Bonchev–Trinajstić information content (AvgIpc) is 2.29. The van der Waals surface area contributed by atoms with Crippen LogP contribution in [0.25, 0.3) is 0 Å². The summed E-state index contributed by atoms with van der Waals surface area (Å²) in [6.07, 6.45) is 0. The third-order valence-electron chi connectivity index (χ3n) is 2.72. The van der Waals surface area contributed by atoms with Gasteiger partial charge in [0.25, 0.3) is 0 Å². The van der Waals surface area contributed by atoms with Crippen molar-refractivity contribution in [3.8, 4) is 11.5 Å². The Labute approximate surface area is 83.9 Å². The van der Waals surface area contributed by atoms with Gasteiger partial charge in [0.1, 0.15) is 6.61 Å². The number of hydrogen-bond acceptors (Lipinski definition) is 3. The van der Waals surface area contributed by atoms with E-state index in [1.165, 1.54) is 0 Å². The molecule has 3 nitrogen and oxygen atoms in total. The molecule has 1 N–H and O–H groups in total. The van der Waals surface area contributed by atoms with Crippen molar-refractivity contribution in [3.63, 3.8) is 0 Å². The van der Waals surface area contributed by atoms with Gasteiger partial charge in [0, 0.05) is 18.2 Å². The Morgan fingerprint density at radius 1 is 1.50 bits per heavy atom. The topological polar surface area (TPSA) is 32.7 Å². The van der Waals surface area contributed by atoms with Gasteiger partial charge in [0.2, 0.25) is 0 Å².